The molecule has 0 amide bonds. The van der Waals surface area contributed by atoms with E-state index in [0.717, 1.165) is 34.0 Å². The molecule has 0 radical (unpaired) electrons. The molecule has 0 atom stereocenters. The van der Waals surface area contributed by atoms with Crippen LogP contribution < -0.4 is 4.74 Å². The van der Waals surface area contributed by atoms with Crippen LogP contribution >= 0.6 is 23.4 Å². The number of hydrogen-bond donors (Lipinski definition) is 0. The average Bonchev–Trinajstić information content (AvgIpc) is 2.66. The van der Waals surface area contributed by atoms with E-state index in [1.165, 1.54) is 4.90 Å². The number of thioether (sulfide) groups is 1. The molecule has 2 nitrogen and oxygen atoms in total. The number of rotatable bonds is 4. The van der Waals surface area contributed by atoms with Crippen LogP contribution in [-0.2, 0) is 0 Å². The Balaban J connectivity index is 2.04. The van der Waals surface area contributed by atoms with Crippen LogP contribution in [0.1, 0.15) is 5.56 Å². The molecular formula is C18H18ClNOS. The molecule has 1 aliphatic rings. The second-order valence-corrected chi connectivity index (χ2v) is 6.82. The molecule has 0 saturated carbocycles. The van der Waals surface area contributed by atoms with Gasteiger partial charge in [-0.25, -0.2) is 0 Å². The van der Waals surface area contributed by atoms with Crippen LogP contribution in [0.3, 0.4) is 0 Å². The molecule has 0 N–H and O–H groups in total. The highest BCUT2D eigenvalue weighted by Gasteiger charge is 2.17. The largest absolute Gasteiger partial charge is 0.492 e. The van der Waals surface area contributed by atoms with Gasteiger partial charge in [-0.15, -0.1) is 0 Å². The number of benzene rings is 2. The molecule has 4 heteroatoms. The van der Waals surface area contributed by atoms with Crippen molar-refractivity contribution >= 4 is 29.4 Å². The summed E-state index contributed by atoms with van der Waals surface area (Å²) in [5.74, 6) is 0.912. The fraction of sp³-hybridized carbons (Fsp3) is 0.222. The van der Waals surface area contributed by atoms with Gasteiger partial charge < -0.3 is 9.64 Å². The zero-order chi connectivity index (χ0) is 15.5. The standard InChI is InChI=1S/C18H18ClNOS/c1-20(2)9-10-21-16-5-3-4-13-8-11-22-17-7-6-14(19)12-15(17)18(13)16/h3-8,11-12H,9-10H2,1-2H3. The van der Waals surface area contributed by atoms with E-state index in [4.69, 9.17) is 16.3 Å². The second-order valence-electron chi connectivity index (χ2n) is 5.43. The lowest BCUT2D eigenvalue weighted by Crippen LogP contribution is -2.19. The molecule has 0 unspecified atom stereocenters. The summed E-state index contributed by atoms with van der Waals surface area (Å²) < 4.78 is 6.04. The SMILES string of the molecule is CN(C)CCOc1cccc2c1-c1cc(Cl)ccc1SC=C2. The van der Waals surface area contributed by atoms with Gasteiger partial charge in [-0.1, -0.05) is 35.5 Å². The van der Waals surface area contributed by atoms with Gasteiger partial charge in [-0.2, -0.15) is 0 Å². The summed E-state index contributed by atoms with van der Waals surface area (Å²) in [6, 6.07) is 12.2. The molecule has 2 aromatic rings. The Labute approximate surface area is 140 Å². The molecule has 1 aliphatic heterocycles. The Morgan fingerprint density at radius 2 is 2.05 bits per heavy atom. The Morgan fingerprint density at radius 3 is 2.86 bits per heavy atom. The number of nitrogens with zero attached hydrogens (tertiary/aromatic N) is 1. The first kappa shape index (κ1) is 15.5. The topological polar surface area (TPSA) is 12.5 Å². The third kappa shape index (κ3) is 3.32. The molecular weight excluding hydrogens is 314 g/mol. The van der Waals surface area contributed by atoms with E-state index in [9.17, 15) is 0 Å². The van der Waals surface area contributed by atoms with Crippen LogP contribution in [0.25, 0.3) is 17.2 Å². The molecule has 3 rings (SSSR count). The first-order valence-electron chi connectivity index (χ1n) is 7.19. The lowest BCUT2D eigenvalue weighted by atomic mass is 9.98. The summed E-state index contributed by atoms with van der Waals surface area (Å²) in [7, 11) is 4.09. The summed E-state index contributed by atoms with van der Waals surface area (Å²) in [4.78, 5) is 3.31. The van der Waals surface area contributed by atoms with E-state index in [1.807, 2.05) is 38.4 Å². The van der Waals surface area contributed by atoms with Crippen molar-refractivity contribution in [2.45, 2.75) is 4.90 Å². The number of ether oxygens (including phenoxy) is 1. The highest BCUT2D eigenvalue weighted by atomic mass is 35.5. The molecule has 0 bridgehead atoms. The van der Waals surface area contributed by atoms with Crippen LogP contribution in [0.2, 0.25) is 5.02 Å². The minimum absolute atomic E-state index is 0.663. The van der Waals surface area contributed by atoms with Crippen LogP contribution in [0, 0.1) is 0 Å². The Kier molecular flexibility index (Phi) is 4.77. The van der Waals surface area contributed by atoms with E-state index in [1.54, 1.807) is 11.8 Å². The van der Waals surface area contributed by atoms with Crippen molar-refractivity contribution in [1.82, 2.24) is 4.90 Å². The molecule has 22 heavy (non-hydrogen) atoms. The van der Waals surface area contributed by atoms with E-state index in [-0.39, 0.29) is 0 Å². The quantitative estimate of drug-likeness (QED) is 0.780. The number of likely N-dealkylation sites (N-methyl/N-ethyl adjacent to an activating group) is 1. The van der Waals surface area contributed by atoms with E-state index < -0.39 is 0 Å². The van der Waals surface area contributed by atoms with Gasteiger partial charge in [-0.05, 0) is 55.4 Å². The fourth-order valence-corrected chi connectivity index (χ4v) is 3.38. The monoisotopic (exact) mass is 331 g/mol. The molecule has 2 aromatic carbocycles. The molecule has 114 valence electrons. The molecule has 0 saturated heterocycles. The van der Waals surface area contributed by atoms with Gasteiger partial charge in [0.1, 0.15) is 12.4 Å². The first-order valence-corrected chi connectivity index (χ1v) is 8.44. The van der Waals surface area contributed by atoms with Crippen molar-refractivity contribution in [2.75, 3.05) is 27.2 Å². The zero-order valence-electron chi connectivity index (χ0n) is 12.7. The first-order chi connectivity index (χ1) is 10.6. The Bertz CT molecular complexity index is 712. The minimum atomic E-state index is 0.663. The molecule has 0 aliphatic carbocycles. The average molecular weight is 332 g/mol. The summed E-state index contributed by atoms with van der Waals surface area (Å²) in [5, 5.41) is 2.86. The van der Waals surface area contributed by atoms with Crippen LogP contribution in [-0.4, -0.2) is 32.1 Å². The van der Waals surface area contributed by atoms with Crippen LogP contribution in [0.15, 0.2) is 46.7 Å². The number of fused-ring (bicyclic) bond motifs is 3. The predicted molar refractivity (Wildman–Crippen MR) is 95.8 cm³/mol. The van der Waals surface area contributed by atoms with Gasteiger partial charge in [0.25, 0.3) is 0 Å². The van der Waals surface area contributed by atoms with Crippen molar-refractivity contribution in [3.63, 3.8) is 0 Å². The smallest absolute Gasteiger partial charge is 0.127 e. The number of hydrogen-bond acceptors (Lipinski definition) is 3. The van der Waals surface area contributed by atoms with Gasteiger partial charge in [0, 0.05) is 27.6 Å². The van der Waals surface area contributed by atoms with Crippen molar-refractivity contribution in [3.05, 3.63) is 52.4 Å². The zero-order valence-corrected chi connectivity index (χ0v) is 14.2. The van der Waals surface area contributed by atoms with E-state index >= 15 is 0 Å². The predicted octanol–water partition coefficient (Wildman–Crippen LogP) is 5.02. The lowest BCUT2D eigenvalue weighted by Gasteiger charge is -2.17. The van der Waals surface area contributed by atoms with Crippen molar-refractivity contribution in [1.29, 1.82) is 0 Å². The normalized spacial score (nSPS) is 12.7. The highest BCUT2D eigenvalue weighted by molar-refractivity contribution is 8.02. The fourth-order valence-electron chi connectivity index (χ4n) is 2.41. The van der Waals surface area contributed by atoms with Gasteiger partial charge in [0.2, 0.25) is 0 Å². The van der Waals surface area contributed by atoms with Crippen LogP contribution in [0.4, 0.5) is 0 Å². The Hall–Kier alpha value is -1.42. The second kappa shape index (κ2) is 6.78. The summed E-state index contributed by atoms with van der Waals surface area (Å²) in [6.07, 6.45) is 2.13. The summed E-state index contributed by atoms with van der Waals surface area (Å²) in [5.41, 5.74) is 3.42. The summed E-state index contributed by atoms with van der Waals surface area (Å²) in [6.45, 7) is 1.55. The molecule has 0 spiro atoms. The van der Waals surface area contributed by atoms with E-state index in [2.05, 4.69) is 28.5 Å². The van der Waals surface area contributed by atoms with Crippen LogP contribution in [0.5, 0.6) is 5.75 Å². The van der Waals surface area contributed by atoms with E-state index in [0.29, 0.717) is 6.61 Å². The molecule has 0 fully saturated rings. The maximum absolute atomic E-state index is 6.22. The minimum Gasteiger partial charge on any atom is -0.492 e. The third-order valence-electron chi connectivity index (χ3n) is 3.51. The summed E-state index contributed by atoms with van der Waals surface area (Å²) >= 11 is 7.93. The van der Waals surface area contributed by atoms with Crippen molar-refractivity contribution < 1.29 is 4.74 Å². The van der Waals surface area contributed by atoms with Crippen molar-refractivity contribution in [2.24, 2.45) is 0 Å². The highest BCUT2D eigenvalue weighted by Crippen LogP contribution is 2.43. The Morgan fingerprint density at radius 1 is 1.18 bits per heavy atom. The van der Waals surface area contributed by atoms with Crippen molar-refractivity contribution in [3.8, 4) is 16.9 Å². The maximum atomic E-state index is 6.22. The number of halogens is 1. The van der Waals surface area contributed by atoms with Gasteiger partial charge >= 0.3 is 0 Å². The third-order valence-corrected chi connectivity index (χ3v) is 4.63. The molecule has 1 heterocycles. The molecule has 0 aromatic heterocycles. The lowest BCUT2D eigenvalue weighted by molar-refractivity contribution is 0.262. The maximum Gasteiger partial charge on any atom is 0.127 e. The van der Waals surface area contributed by atoms with Gasteiger partial charge in [0.15, 0.2) is 0 Å². The van der Waals surface area contributed by atoms with Gasteiger partial charge in [0.05, 0.1) is 0 Å². The van der Waals surface area contributed by atoms with Gasteiger partial charge in [-0.3, -0.25) is 0 Å².